The molecule has 0 rings (SSSR count). The number of esters is 2. The average Bonchev–Trinajstić information content (AvgIpc) is 2.20. The number of ether oxygens (including phenoxy) is 2. The van der Waals surface area contributed by atoms with E-state index in [9.17, 15) is 14.4 Å². The fraction of sp³-hybridized carbons (Fsp3) is 0.364. The smallest absolute Gasteiger partial charge is 0.303 e. The normalized spacial score (nSPS) is 13.1. The first-order chi connectivity index (χ1) is 7.42. The van der Waals surface area contributed by atoms with E-state index >= 15 is 0 Å². The van der Waals surface area contributed by atoms with E-state index in [0.29, 0.717) is 0 Å². The second kappa shape index (κ2) is 6.55. The van der Waals surface area contributed by atoms with Crippen LogP contribution >= 0.6 is 0 Å². The van der Waals surface area contributed by atoms with Crippen molar-refractivity contribution in [3.05, 3.63) is 25.3 Å². The van der Waals surface area contributed by atoms with Gasteiger partial charge in [0.05, 0.1) is 0 Å². The first kappa shape index (κ1) is 14.1. The number of hydrogen-bond acceptors (Lipinski definition) is 5. The third kappa shape index (κ3) is 4.54. The molecule has 0 aliphatic rings. The Morgan fingerprint density at radius 1 is 0.938 bits per heavy atom. The average molecular weight is 226 g/mol. The lowest BCUT2D eigenvalue weighted by atomic mass is 10.1. The molecule has 0 saturated heterocycles. The summed E-state index contributed by atoms with van der Waals surface area (Å²) in [6.07, 6.45) is 0.0349. The van der Waals surface area contributed by atoms with Crippen molar-refractivity contribution in [2.45, 2.75) is 26.1 Å². The summed E-state index contributed by atoms with van der Waals surface area (Å²) in [7, 11) is 0. The molecule has 88 valence electrons. The van der Waals surface area contributed by atoms with Gasteiger partial charge >= 0.3 is 11.9 Å². The molecule has 0 aromatic heterocycles. The van der Waals surface area contributed by atoms with Crippen LogP contribution in [0, 0.1) is 0 Å². The second-order valence-electron chi connectivity index (χ2n) is 2.93. The number of hydrogen-bond donors (Lipinski definition) is 0. The summed E-state index contributed by atoms with van der Waals surface area (Å²) in [5, 5.41) is 0. The molecule has 0 aliphatic heterocycles. The molecule has 0 aromatic rings. The van der Waals surface area contributed by atoms with Gasteiger partial charge in [-0.2, -0.15) is 0 Å². The van der Waals surface area contributed by atoms with Crippen LogP contribution in [0.15, 0.2) is 25.3 Å². The lowest BCUT2D eigenvalue weighted by molar-refractivity contribution is -0.158. The van der Waals surface area contributed by atoms with Gasteiger partial charge in [-0.1, -0.05) is 13.2 Å². The Labute approximate surface area is 93.7 Å². The predicted octanol–water partition coefficient (Wildman–Crippen LogP) is 0.791. The minimum absolute atomic E-state index is 0.601. The van der Waals surface area contributed by atoms with Crippen LogP contribution in [0.25, 0.3) is 0 Å². The minimum atomic E-state index is -1.14. The predicted molar refractivity (Wildman–Crippen MR) is 56.5 cm³/mol. The van der Waals surface area contributed by atoms with E-state index in [1.807, 2.05) is 0 Å². The van der Waals surface area contributed by atoms with Crippen LogP contribution in [-0.4, -0.2) is 29.9 Å². The molecule has 0 fully saturated rings. The van der Waals surface area contributed by atoms with E-state index in [0.717, 1.165) is 12.2 Å². The van der Waals surface area contributed by atoms with Crippen LogP contribution in [0.3, 0.4) is 0 Å². The van der Waals surface area contributed by atoms with E-state index < -0.39 is 29.9 Å². The molecule has 2 atom stereocenters. The molecule has 2 unspecified atom stereocenters. The van der Waals surface area contributed by atoms with Gasteiger partial charge in [-0.25, -0.2) is 0 Å². The van der Waals surface area contributed by atoms with E-state index in [4.69, 9.17) is 0 Å². The first-order valence-corrected chi connectivity index (χ1v) is 4.55. The number of Topliss-reactive ketones (excluding diaryl/α,β-unsaturated/α-hetero) is 1. The molecule has 0 heterocycles. The molecule has 0 N–H and O–H groups in total. The highest BCUT2D eigenvalue weighted by molar-refractivity contribution is 5.93. The highest BCUT2D eigenvalue weighted by atomic mass is 16.6. The fourth-order valence-corrected chi connectivity index (χ4v) is 0.964. The Morgan fingerprint density at radius 3 is 1.44 bits per heavy atom. The molecule has 0 spiro atoms. The molecule has 5 nitrogen and oxygen atoms in total. The Morgan fingerprint density at radius 2 is 1.25 bits per heavy atom. The van der Waals surface area contributed by atoms with Gasteiger partial charge in [-0.15, -0.1) is 0 Å². The summed E-state index contributed by atoms with van der Waals surface area (Å²) in [6.45, 7) is 9.05. The zero-order valence-corrected chi connectivity index (χ0v) is 9.26. The fourth-order valence-electron chi connectivity index (χ4n) is 0.964. The number of rotatable bonds is 6. The molecular formula is C11H14O5. The molecule has 0 amide bonds. The zero-order valence-electron chi connectivity index (χ0n) is 9.26. The highest BCUT2D eigenvalue weighted by Gasteiger charge is 2.27. The van der Waals surface area contributed by atoms with Gasteiger partial charge in [-0.3, -0.25) is 14.4 Å². The zero-order chi connectivity index (χ0) is 12.7. The van der Waals surface area contributed by atoms with Crippen LogP contribution in [0.4, 0.5) is 0 Å². The van der Waals surface area contributed by atoms with Crippen molar-refractivity contribution in [2.75, 3.05) is 0 Å². The largest absolute Gasteiger partial charge is 0.450 e. The van der Waals surface area contributed by atoms with E-state index in [1.54, 1.807) is 0 Å². The van der Waals surface area contributed by atoms with Crippen LogP contribution in [0.2, 0.25) is 0 Å². The van der Waals surface area contributed by atoms with Crippen molar-refractivity contribution < 1.29 is 23.9 Å². The van der Waals surface area contributed by atoms with E-state index in [1.165, 1.54) is 13.8 Å². The number of carbonyl (C=O) groups excluding carboxylic acids is 3. The summed E-state index contributed by atoms with van der Waals surface area (Å²) < 4.78 is 9.36. The van der Waals surface area contributed by atoms with Crippen molar-refractivity contribution in [1.29, 1.82) is 0 Å². The van der Waals surface area contributed by atoms with Gasteiger partial charge in [-0.05, 0) is 12.2 Å². The molecule has 0 aliphatic carbocycles. The standard InChI is InChI=1S/C11H14O5/c1-5-9(15-7(3)12)11(14)10(6-2)16-8(4)13/h5-6,9-10H,1-2H2,3-4H3. The van der Waals surface area contributed by atoms with Crippen molar-refractivity contribution in [3.63, 3.8) is 0 Å². The molecule has 0 bridgehead atoms. The molecule has 0 aromatic carbocycles. The van der Waals surface area contributed by atoms with Crippen LogP contribution in [0.5, 0.6) is 0 Å². The molecule has 16 heavy (non-hydrogen) atoms. The van der Waals surface area contributed by atoms with Gasteiger partial charge in [0.15, 0.2) is 12.2 Å². The van der Waals surface area contributed by atoms with Crippen LogP contribution in [-0.2, 0) is 23.9 Å². The van der Waals surface area contributed by atoms with Gasteiger partial charge < -0.3 is 9.47 Å². The summed E-state index contributed by atoms with van der Waals surface area (Å²) in [6, 6.07) is 0. The Bertz CT molecular complexity index is 288. The Kier molecular flexibility index (Phi) is 5.77. The lowest BCUT2D eigenvalue weighted by Crippen LogP contribution is -2.35. The van der Waals surface area contributed by atoms with Crippen LogP contribution < -0.4 is 0 Å². The lowest BCUT2D eigenvalue weighted by Gasteiger charge is -2.16. The molecule has 0 saturated carbocycles. The van der Waals surface area contributed by atoms with Crippen molar-refractivity contribution in [2.24, 2.45) is 0 Å². The molecular weight excluding hydrogens is 212 g/mol. The van der Waals surface area contributed by atoms with E-state index in [2.05, 4.69) is 22.6 Å². The van der Waals surface area contributed by atoms with Gasteiger partial charge in [0.25, 0.3) is 0 Å². The van der Waals surface area contributed by atoms with Gasteiger partial charge in [0.1, 0.15) is 0 Å². The highest BCUT2D eigenvalue weighted by Crippen LogP contribution is 2.05. The molecule has 0 radical (unpaired) electrons. The van der Waals surface area contributed by atoms with Crippen molar-refractivity contribution >= 4 is 17.7 Å². The second-order valence-corrected chi connectivity index (χ2v) is 2.93. The number of ketones is 1. The van der Waals surface area contributed by atoms with Gasteiger partial charge in [0.2, 0.25) is 5.78 Å². The van der Waals surface area contributed by atoms with E-state index in [-0.39, 0.29) is 0 Å². The topological polar surface area (TPSA) is 69.7 Å². The Hall–Kier alpha value is -1.91. The maximum absolute atomic E-state index is 11.7. The number of carbonyl (C=O) groups is 3. The maximum atomic E-state index is 11.7. The quantitative estimate of drug-likeness (QED) is 0.494. The third-order valence-electron chi connectivity index (χ3n) is 1.57. The Balaban J connectivity index is 4.68. The summed E-state index contributed by atoms with van der Waals surface area (Å²) in [5.41, 5.74) is 0. The maximum Gasteiger partial charge on any atom is 0.303 e. The minimum Gasteiger partial charge on any atom is -0.450 e. The SMILES string of the molecule is C=CC(OC(C)=O)C(=O)C(C=C)OC(C)=O. The summed E-state index contributed by atoms with van der Waals surface area (Å²) >= 11 is 0. The summed E-state index contributed by atoms with van der Waals surface area (Å²) in [5.74, 6) is -1.84. The monoisotopic (exact) mass is 226 g/mol. The third-order valence-corrected chi connectivity index (χ3v) is 1.57. The van der Waals surface area contributed by atoms with Gasteiger partial charge in [0, 0.05) is 13.8 Å². The van der Waals surface area contributed by atoms with Crippen LogP contribution in [0.1, 0.15) is 13.8 Å². The van der Waals surface area contributed by atoms with Crippen molar-refractivity contribution in [3.8, 4) is 0 Å². The first-order valence-electron chi connectivity index (χ1n) is 4.55. The summed E-state index contributed by atoms with van der Waals surface area (Å²) in [4.78, 5) is 33.1. The molecule has 5 heteroatoms. The van der Waals surface area contributed by atoms with Crippen molar-refractivity contribution in [1.82, 2.24) is 0 Å².